The van der Waals surface area contributed by atoms with Crippen LogP contribution in [0.3, 0.4) is 0 Å². The Bertz CT molecular complexity index is 126. The molecule has 10 heavy (non-hydrogen) atoms. The van der Waals surface area contributed by atoms with Crippen molar-refractivity contribution >= 4 is 5.97 Å². The lowest BCUT2D eigenvalue weighted by Crippen LogP contribution is -2.32. The first-order valence-corrected chi connectivity index (χ1v) is 2.85. The van der Waals surface area contributed by atoms with Crippen LogP contribution in [0.15, 0.2) is 5.18 Å². The number of hydrogen-bond donors (Lipinski definition) is 1. The molecule has 2 N–H and O–H groups in total. The molecule has 0 aromatic heterocycles. The van der Waals surface area contributed by atoms with E-state index in [0.717, 1.165) is 0 Å². The summed E-state index contributed by atoms with van der Waals surface area (Å²) in [5.41, 5.74) is 5.24. The van der Waals surface area contributed by atoms with Gasteiger partial charge in [0.15, 0.2) is 0 Å². The fourth-order valence-electron chi connectivity index (χ4n) is 0.461. The number of esters is 1. The zero-order valence-electron chi connectivity index (χ0n) is 5.74. The Kier molecular flexibility index (Phi) is 4.39. The van der Waals surface area contributed by atoms with E-state index in [0.29, 0.717) is 0 Å². The molecule has 0 bridgehead atoms. The minimum Gasteiger partial charge on any atom is -0.468 e. The first-order chi connectivity index (χ1) is 4.72. The van der Waals surface area contributed by atoms with Gasteiger partial charge in [0.1, 0.15) is 6.04 Å². The Morgan fingerprint density at radius 3 is 2.80 bits per heavy atom. The number of ether oxygens (including phenoxy) is 1. The summed E-state index contributed by atoms with van der Waals surface area (Å²) >= 11 is 0. The fourth-order valence-corrected chi connectivity index (χ4v) is 0.461. The average molecular weight is 146 g/mol. The van der Waals surface area contributed by atoms with E-state index in [4.69, 9.17) is 5.73 Å². The van der Waals surface area contributed by atoms with Crippen LogP contribution in [0.25, 0.3) is 0 Å². The summed E-state index contributed by atoms with van der Waals surface area (Å²) in [6.07, 6.45) is 0.246. The molecule has 5 nitrogen and oxygen atoms in total. The number of carbonyl (C=O) groups excluding carboxylic acids is 1. The van der Waals surface area contributed by atoms with Crippen LogP contribution in [0.2, 0.25) is 0 Å². The molecule has 0 rings (SSSR count). The minimum atomic E-state index is -0.720. The lowest BCUT2D eigenvalue weighted by atomic mass is 10.2. The number of nitrogens with zero attached hydrogens (tertiary/aromatic N) is 1. The van der Waals surface area contributed by atoms with E-state index in [1.165, 1.54) is 7.11 Å². The second-order valence-electron chi connectivity index (χ2n) is 1.77. The van der Waals surface area contributed by atoms with Gasteiger partial charge >= 0.3 is 5.97 Å². The highest BCUT2D eigenvalue weighted by atomic mass is 16.5. The van der Waals surface area contributed by atoms with Crippen molar-refractivity contribution in [2.24, 2.45) is 10.9 Å². The zero-order valence-corrected chi connectivity index (χ0v) is 5.74. The summed E-state index contributed by atoms with van der Waals surface area (Å²) in [6.45, 7) is 0.0519. The fraction of sp³-hybridized carbons (Fsp3) is 0.800. The summed E-state index contributed by atoms with van der Waals surface area (Å²) in [5, 5.41) is 2.55. The third kappa shape index (κ3) is 3.13. The third-order valence-electron chi connectivity index (χ3n) is 1.04. The maximum atomic E-state index is 10.5. The normalized spacial score (nSPS) is 12.2. The third-order valence-corrected chi connectivity index (χ3v) is 1.04. The Labute approximate surface area is 58.5 Å². The van der Waals surface area contributed by atoms with E-state index in [1.807, 2.05) is 0 Å². The standard InChI is InChI=1S/C5H10N2O3/c1-10-5(8)4(6)2-3-7-9/h4H,2-3,6H2,1H3. The number of carbonyl (C=O) groups is 1. The summed E-state index contributed by atoms with van der Waals surface area (Å²) in [7, 11) is 1.25. The van der Waals surface area contributed by atoms with Gasteiger partial charge < -0.3 is 10.5 Å². The van der Waals surface area contributed by atoms with Gasteiger partial charge in [-0.05, 0) is 6.42 Å². The monoisotopic (exact) mass is 146 g/mol. The molecule has 0 amide bonds. The molecule has 0 aliphatic carbocycles. The van der Waals surface area contributed by atoms with E-state index in [2.05, 4.69) is 9.91 Å². The van der Waals surface area contributed by atoms with Gasteiger partial charge in [0.05, 0.1) is 13.7 Å². The Morgan fingerprint density at radius 1 is 1.80 bits per heavy atom. The highest BCUT2D eigenvalue weighted by Crippen LogP contribution is 1.90. The van der Waals surface area contributed by atoms with Crippen molar-refractivity contribution < 1.29 is 9.53 Å². The van der Waals surface area contributed by atoms with Gasteiger partial charge in [0, 0.05) is 0 Å². The Morgan fingerprint density at radius 2 is 2.40 bits per heavy atom. The van der Waals surface area contributed by atoms with Gasteiger partial charge in [-0.2, -0.15) is 4.91 Å². The quantitative estimate of drug-likeness (QED) is 0.434. The number of methoxy groups -OCH3 is 1. The Hall–Kier alpha value is -0.970. The maximum Gasteiger partial charge on any atom is 0.322 e. The van der Waals surface area contributed by atoms with E-state index >= 15 is 0 Å². The van der Waals surface area contributed by atoms with E-state index < -0.39 is 12.0 Å². The highest BCUT2D eigenvalue weighted by molar-refractivity contribution is 5.75. The van der Waals surface area contributed by atoms with E-state index in [-0.39, 0.29) is 13.0 Å². The molecule has 0 aromatic rings. The predicted molar refractivity (Wildman–Crippen MR) is 35.3 cm³/mol. The SMILES string of the molecule is COC(=O)C(N)CCN=O. The molecule has 1 atom stereocenters. The van der Waals surface area contributed by atoms with Crippen molar-refractivity contribution in [2.75, 3.05) is 13.7 Å². The molecule has 0 aromatic carbocycles. The largest absolute Gasteiger partial charge is 0.468 e. The lowest BCUT2D eigenvalue weighted by molar-refractivity contribution is -0.142. The Balaban J connectivity index is 3.50. The van der Waals surface area contributed by atoms with Gasteiger partial charge in [-0.1, -0.05) is 5.18 Å². The van der Waals surface area contributed by atoms with E-state index in [1.54, 1.807) is 0 Å². The molecular weight excluding hydrogens is 136 g/mol. The molecule has 0 aliphatic heterocycles. The molecule has 0 saturated heterocycles. The molecule has 58 valence electrons. The summed E-state index contributed by atoms with van der Waals surface area (Å²) in [4.78, 5) is 20.1. The first-order valence-electron chi connectivity index (χ1n) is 2.85. The van der Waals surface area contributed by atoms with Gasteiger partial charge in [-0.15, -0.1) is 0 Å². The van der Waals surface area contributed by atoms with Crippen LogP contribution in [-0.4, -0.2) is 25.7 Å². The summed E-state index contributed by atoms with van der Waals surface area (Å²) in [5.74, 6) is -0.511. The van der Waals surface area contributed by atoms with E-state index in [9.17, 15) is 9.70 Å². The van der Waals surface area contributed by atoms with Crippen molar-refractivity contribution in [3.63, 3.8) is 0 Å². The molecule has 0 spiro atoms. The van der Waals surface area contributed by atoms with Crippen molar-refractivity contribution in [1.82, 2.24) is 0 Å². The van der Waals surface area contributed by atoms with Crippen molar-refractivity contribution in [3.8, 4) is 0 Å². The molecule has 0 aliphatic rings. The number of nitrogens with two attached hydrogens (primary N) is 1. The number of rotatable bonds is 4. The van der Waals surface area contributed by atoms with Crippen LogP contribution in [-0.2, 0) is 9.53 Å². The van der Waals surface area contributed by atoms with Gasteiger partial charge in [0.2, 0.25) is 0 Å². The average Bonchev–Trinajstić information content (AvgIpc) is 1.98. The first kappa shape index (κ1) is 9.03. The van der Waals surface area contributed by atoms with Crippen molar-refractivity contribution in [2.45, 2.75) is 12.5 Å². The molecule has 5 heteroatoms. The van der Waals surface area contributed by atoms with Crippen LogP contribution in [0, 0.1) is 4.91 Å². The molecule has 1 unspecified atom stereocenters. The van der Waals surface area contributed by atoms with Gasteiger partial charge in [-0.25, -0.2) is 0 Å². The molecule has 0 radical (unpaired) electrons. The van der Waals surface area contributed by atoms with Crippen LogP contribution >= 0.6 is 0 Å². The molecular formula is C5H10N2O3. The molecule has 0 saturated carbocycles. The van der Waals surface area contributed by atoms with Crippen LogP contribution < -0.4 is 5.73 Å². The van der Waals surface area contributed by atoms with Gasteiger partial charge in [-0.3, -0.25) is 4.79 Å². The second-order valence-corrected chi connectivity index (χ2v) is 1.77. The predicted octanol–water partition coefficient (Wildman–Crippen LogP) is -0.357. The van der Waals surface area contributed by atoms with Crippen LogP contribution in [0.1, 0.15) is 6.42 Å². The topological polar surface area (TPSA) is 81.8 Å². The zero-order chi connectivity index (χ0) is 7.98. The number of nitroso groups, excluding NO2 is 1. The van der Waals surface area contributed by atoms with Gasteiger partial charge in [0.25, 0.3) is 0 Å². The maximum absolute atomic E-state index is 10.5. The number of hydrogen-bond acceptors (Lipinski definition) is 5. The molecule has 0 heterocycles. The second kappa shape index (κ2) is 4.87. The van der Waals surface area contributed by atoms with Crippen molar-refractivity contribution in [1.29, 1.82) is 0 Å². The van der Waals surface area contributed by atoms with Crippen LogP contribution in [0.5, 0.6) is 0 Å². The summed E-state index contributed by atoms with van der Waals surface area (Å²) < 4.78 is 4.30. The lowest BCUT2D eigenvalue weighted by Gasteiger charge is -2.04. The minimum absolute atomic E-state index is 0.0519. The molecule has 0 fully saturated rings. The highest BCUT2D eigenvalue weighted by Gasteiger charge is 2.12. The summed E-state index contributed by atoms with van der Waals surface area (Å²) in [6, 6.07) is -0.720. The van der Waals surface area contributed by atoms with Crippen molar-refractivity contribution in [3.05, 3.63) is 4.91 Å². The van der Waals surface area contributed by atoms with Crippen LogP contribution in [0.4, 0.5) is 0 Å². The smallest absolute Gasteiger partial charge is 0.322 e.